The Balaban J connectivity index is 1.95. The van der Waals surface area contributed by atoms with Gasteiger partial charge in [0.05, 0.1) is 17.2 Å². The molecule has 2 rings (SSSR count). The summed E-state index contributed by atoms with van der Waals surface area (Å²) < 4.78 is 1.80. The Morgan fingerprint density at radius 3 is 2.89 bits per heavy atom. The molecule has 0 atom stereocenters. The summed E-state index contributed by atoms with van der Waals surface area (Å²) in [5.41, 5.74) is 1.58. The molecule has 0 saturated heterocycles. The first-order valence-corrected chi connectivity index (χ1v) is 6.79. The first-order chi connectivity index (χ1) is 8.58. The maximum Gasteiger partial charge on any atom is 0.268 e. The van der Waals surface area contributed by atoms with E-state index in [9.17, 15) is 4.79 Å². The molecule has 1 amide bonds. The quantitative estimate of drug-likeness (QED) is 0.921. The van der Waals surface area contributed by atoms with Crippen LogP contribution in [-0.4, -0.2) is 15.5 Å². The zero-order chi connectivity index (χ0) is 13.1. The van der Waals surface area contributed by atoms with Gasteiger partial charge in [-0.25, -0.2) is 4.98 Å². The average molecular weight is 263 g/mol. The molecule has 0 spiro atoms. The minimum absolute atomic E-state index is 0.0680. The van der Waals surface area contributed by atoms with Crippen LogP contribution in [0.2, 0.25) is 0 Å². The van der Waals surface area contributed by atoms with Crippen LogP contribution in [0, 0.1) is 0 Å². The number of carbonyl (C=O) groups is 1. The van der Waals surface area contributed by atoms with E-state index in [-0.39, 0.29) is 5.91 Å². The molecule has 5 heteroatoms. The number of carbonyl (C=O) groups excluding carboxylic acids is 1. The topological polar surface area (TPSA) is 46.9 Å². The van der Waals surface area contributed by atoms with E-state index >= 15 is 0 Å². The summed E-state index contributed by atoms with van der Waals surface area (Å²) in [6.45, 7) is 4.71. The summed E-state index contributed by atoms with van der Waals surface area (Å²) in [5, 5.41) is 5.99. The number of hydrogen-bond acceptors (Lipinski definition) is 3. The molecule has 2 heterocycles. The molecule has 0 aliphatic carbocycles. The van der Waals surface area contributed by atoms with Gasteiger partial charge in [0.25, 0.3) is 5.91 Å². The van der Waals surface area contributed by atoms with Gasteiger partial charge < -0.3 is 9.88 Å². The number of hydrogen-bond donors (Lipinski definition) is 1. The molecular formula is C13H17N3OS. The summed E-state index contributed by atoms with van der Waals surface area (Å²) in [6, 6.07) is 3.66. The molecule has 96 valence electrons. The molecule has 2 aromatic heterocycles. The van der Waals surface area contributed by atoms with Crippen molar-refractivity contribution in [2.75, 3.05) is 0 Å². The van der Waals surface area contributed by atoms with Crippen molar-refractivity contribution in [1.29, 1.82) is 0 Å². The second kappa shape index (κ2) is 5.35. The predicted molar refractivity (Wildman–Crippen MR) is 72.8 cm³/mol. The lowest BCUT2D eigenvalue weighted by atomic mass is 10.2. The maximum atomic E-state index is 11.9. The van der Waals surface area contributed by atoms with Crippen LogP contribution in [0.3, 0.4) is 0 Å². The van der Waals surface area contributed by atoms with Gasteiger partial charge in [0.2, 0.25) is 0 Å². The summed E-state index contributed by atoms with van der Waals surface area (Å²) >= 11 is 1.64. The first-order valence-electron chi connectivity index (χ1n) is 5.91. The lowest BCUT2D eigenvalue weighted by Gasteiger charge is -2.04. The van der Waals surface area contributed by atoms with E-state index in [1.165, 1.54) is 0 Å². The van der Waals surface area contributed by atoms with E-state index in [1.807, 2.05) is 24.7 Å². The van der Waals surface area contributed by atoms with Crippen molar-refractivity contribution in [3.05, 3.63) is 40.1 Å². The predicted octanol–water partition coefficient (Wildman–Crippen LogP) is 2.54. The van der Waals surface area contributed by atoms with Crippen molar-refractivity contribution in [3.63, 3.8) is 0 Å². The van der Waals surface area contributed by atoms with Gasteiger partial charge in [-0.2, -0.15) is 0 Å². The molecule has 0 fully saturated rings. The first kappa shape index (κ1) is 12.8. The van der Waals surface area contributed by atoms with Crippen molar-refractivity contribution in [2.24, 2.45) is 7.05 Å². The van der Waals surface area contributed by atoms with Crippen LogP contribution < -0.4 is 5.32 Å². The Hall–Kier alpha value is -1.62. The van der Waals surface area contributed by atoms with Crippen molar-refractivity contribution in [3.8, 4) is 0 Å². The molecule has 0 aromatic carbocycles. The van der Waals surface area contributed by atoms with Gasteiger partial charge in [0.15, 0.2) is 0 Å². The zero-order valence-electron chi connectivity index (χ0n) is 10.8. The fourth-order valence-electron chi connectivity index (χ4n) is 1.63. The van der Waals surface area contributed by atoms with Gasteiger partial charge in [-0.15, -0.1) is 11.3 Å². The Bertz CT molecular complexity index is 542. The van der Waals surface area contributed by atoms with E-state index in [2.05, 4.69) is 24.1 Å². The third kappa shape index (κ3) is 2.79. The van der Waals surface area contributed by atoms with Gasteiger partial charge in [-0.1, -0.05) is 13.8 Å². The van der Waals surface area contributed by atoms with Crippen LogP contribution in [0.15, 0.2) is 23.7 Å². The van der Waals surface area contributed by atoms with E-state index in [1.54, 1.807) is 22.0 Å². The molecule has 1 N–H and O–H groups in total. The van der Waals surface area contributed by atoms with Gasteiger partial charge >= 0.3 is 0 Å². The molecular weight excluding hydrogens is 246 g/mol. The number of nitrogens with one attached hydrogen (secondary N) is 1. The molecule has 4 nitrogen and oxygen atoms in total. The van der Waals surface area contributed by atoms with Crippen LogP contribution in [0.1, 0.15) is 41.0 Å². The van der Waals surface area contributed by atoms with Crippen LogP contribution in [0.25, 0.3) is 0 Å². The number of nitrogens with zero attached hydrogens (tertiary/aromatic N) is 2. The normalized spacial score (nSPS) is 10.9. The summed E-state index contributed by atoms with van der Waals surface area (Å²) in [4.78, 5) is 16.4. The summed E-state index contributed by atoms with van der Waals surface area (Å²) in [6.07, 6.45) is 1.86. The van der Waals surface area contributed by atoms with Crippen molar-refractivity contribution >= 4 is 17.2 Å². The highest BCUT2D eigenvalue weighted by atomic mass is 32.1. The minimum Gasteiger partial charge on any atom is -0.347 e. The maximum absolute atomic E-state index is 11.9. The Morgan fingerprint density at radius 1 is 1.56 bits per heavy atom. The number of aryl methyl sites for hydroxylation is 1. The highest BCUT2D eigenvalue weighted by Gasteiger charge is 2.10. The summed E-state index contributed by atoms with van der Waals surface area (Å²) in [5.74, 6) is 0.369. The van der Waals surface area contributed by atoms with Crippen LogP contribution >= 0.6 is 11.3 Å². The second-order valence-electron chi connectivity index (χ2n) is 4.52. The largest absolute Gasteiger partial charge is 0.347 e. The third-order valence-electron chi connectivity index (χ3n) is 2.67. The Morgan fingerprint density at radius 2 is 2.33 bits per heavy atom. The smallest absolute Gasteiger partial charge is 0.268 e. The number of rotatable bonds is 4. The van der Waals surface area contributed by atoms with Gasteiger partial charge in [0.1, 0.15) is 5.69 Å². The van der Waals surface area contributed by atoms with Crippen molar-refractivity contribution < 1.29 is 4.79 Å². The van der Waals surface area contributed by atoms with Gasteiger partial charge in [-0.3, -0.25) is 4.79 Å². The van der Waals surface area contributed by atoms with Gasteiger partial charge in [0, 0.05) is 24.5 Å². The Labute approximate surface area is 111 Å². The number of aromatic nitrogens is 2. The van der Waals surface area contributed by atoms with E-state index in [0.717, 1.165) is 10.7 Å². The standard InChI is InChI=1S/C13H17N3OS/c1-9(2)13-15-10(8-18-13)7-14-12(17)11-5-4-6-16(11)3/h4-6,8-9H,7H2,1-3H3,(H,14,17). The van der Waals surface area contributed by atoms with Crippen molar-refractivity contribution in [1.82, 2.24) is 14.9 Å². The molecule has 0 saturated carbocycles. The molecule has 0 aliphatic heterocycles. The highest BCUT2D eigenvalue weighted by molar-refractivity contribution is 7.09. The lowest BCUT2D eigenvalue weighted by molar-refractivity contribution is 0.0942. The Kier molecular flexibility index (Phi) is 3.81. The van der Waals surface area contributed by atoms with Crippen LogP contribution in [0.5, 0.6) is 0 Å². The highest BCUT2D eigenvalue weighted by Crippen LogP contribution is 2.18. The lowest BCUT2D eigenvalue weighted by Crippen LogP contribution is -2.24. The second-order valence-corrected chi connectivity index (χ2v) is 5.41. The van der Waals surface area contributed by atoms with E-state index < -0.39 is 0 Å². The average Bonchev–Trinajstić information content (AvgIpc) is 2.94. The molecule has 18 heavy (non-hydrogen) atoms. The number of amides is 1. The minimum atomic E-state index is -0.0680. The summed E-state index contributed by atoms with van der Waals surface area (Å²) in [7, 11) is 1.86. The van der Waals surface area contributed by atoms with E-state index in [0.29, 0.717) is 18.2 Å². The molecule has 0 radical (unpaired) electrons. The van der Waals surface area contributed by atoms with E-state index in [4.69, 9.17) is 0 Å². The third-order valence-corrected chi connectivity index (χ3v) is 3.86. The SMILES string of the molecule is CC(C)c1nc(CNC(=O)c2cccn2C)cs1. The van der Waals surface area contributed by atoms with Crippen molar-refractivity contribution in [2.45, 2.75) is 26.3 Å². The zero-order valence-corrected chi connectivity index (χ0v) is 11.6. The fraction of sp³-hybridized carbons (Fsp3) is 0.385. The van der Waals surface area contributed by atoms with Crippen LogP contribution in [0.4, 0.5) is 0 Å². The molecule has 0 unspecified atom stereocenters. The van der Waals surface area contributed by atoms with Crippen LogP contribution in [-0.2, 0) is 13.6 Å². The van der Waals surface area contributed by atoms with Gasteiger partial charge in [-0.05, 0) is 12.1 Å². The number of thiazole rings is 1. The molecule has 0 aliphatic rings. The molecule has 0 bridgehead atoms. The monoisotopic (exact) mass is 263 g/mol. The molecule has 2 aromatic rings. The fourth-order valence-corrected chi connectivity index (χ4v) is 2.46.